The molecule has 164 valence electrons. The molecule has 1 atom stereocenters. The molecule has 0 amide bonds. The van der Waals surface area contributed by atoms with Crippen molar-refractivity contribution in [2.24, 2.45) is 0 Å². The van der Waals surface area contributed by atoms with E-state index < -0.39 is 16.1 Å². The van der Waals surface area contributed by atoms with Crippen LogP contribution in [0.4, 0.5) is 11.4 Å². The topological polar surface area (TPSA) is 83.3 Å². The van der Waals surface area contributed by atoms with E-state index in [9.17, 15) is 10.1 Å². The summed E-state index contributed by atoms with van der Waals surface area (Å²) in [4.78, 5) is 13.0. The van der Waals surface area contributed by atoms with Crippen LogP contribution in [-0.2, 0) is 5.41 Å². The molecule has 4 rings (SSSR count). The lowest BCUT2D eigenvalue weighted by Crippen LogP contribution is -2.58. The summed E-state index contributed by atoms with van der Waals surface area (Å²) < 4.78 is 23.8. The number of rotatable bonds is 4. The normalized spacial score (nSPS) is 20.2. The molecule has 2 aliphatic rings. The number of benzene rings is 2. The van der Waals surface area contributed by atoms with Gasteiger partial charge in [-0.1, -0.05) is 0 Å². The second-order valence-corrected chi connectivity index (χ2v) is 8.71. The maximum Gasteiger partial charge on any atom is 0.288 e. The number of ether oxygens (including phenoxy) is 4. The van der Waals surface area contributed by atoms with Crippen LogP contribution in [-0.4, -0.2) is 39.0 Å². The van der Waals surface area contributed by atoms with Crippen LogP contribution in [0.1, 0.15) is 25.0 Å². The maximum absolute atomic E-state index is 11.5. The molecule has 9 heteroatoms. The second kappa shape index (κ2) is 7.05. The molecule has 0 N–H and O–H groups in total. The average molecular weight is 491 g/mol. The lowest BCUT2D eigenvalue weighted by atomic mass is 9.76. The Morgan fingerprint density at radius 1 is 1.10 bits per heavy atom. The Balaban J connectivity index is 1.97. The van der Waals surface area contributed by atoms with Crippen LogP contribution in [0.15, 0.2) is 28.7 Å². The number of methoxy groups -OCH3 is 3. The zero-order valence-electron chi connectivity index (χ0n) is 18.1. The van der Waals surface area contributed by atoms with Gasteiger partial charge in [0.05, 0.1) is 43.4 Å². The molecule has 8 nitrogen and oxygen atoms in total. The van der Waals surface area contributed by atoms with E-state index in [1.807, 2.05) is 36.2 Å². The summed E-state index contributed by atoms with van der Waals surface area (Å²) in [6, 6.07) is 5.11. The summed E-state index contributed by atoms with van der Waals surface area (Å²) in [5.41, 5.74) is 0.739. The maximum atomic E-state index is 11.5. The highest BCUT2D eigenvalue weighted by molar-refractivity contribution is 9.10. The fourth-order valence-corrected chi connectivity index (χ4v) is 5.23. The Bertz CT molecular complexity index is 1130. The molecule has 2 heterocycles. The number of halogens is 1. The van der Waals surface area contributed by atoms with Crippen LogP contribution in [0, 0.1) is 10.1 Å². The van der Waals surface area contributed by atoms with Gasteiger partial charge < -0.3 is 23.8 Å². The SMILES string of the molecule is COc1cc([N+](=O)[O-])c(Br)c2c1OC1(C=C2)N(C)c2c(OC)ccc(OC)c2C1(C)C. The molecule has 1 spiro atoms. The number of fused-ring (bicyclic) bond motifs is 2. The molecular formula is C22H23BrN2O6. The van der Waals surface area contributed by atoms with Gasteiger partial charge >= 0.3 is 0 Å². The summed E-state index contributed by atoms with van der Waals surface area (Å²) >= 11 is 3.36. The van der Waals surface area contributed by atoms with Crippen molar-refractivity contribution >= 4 is 33.4 Å². The van der Waals surface area contributed by atoms with E-state index in [2.05, 4.69) is 29.8 Å². The Morgan fingerprint density at radius 2 is 1.71 bits per heavy atom. The molecule has 0 aliphatic carbocycles. The van der Waals surface area contributed by atoms with E-state index in [1.165, 1.54) is 13.2 Å². The predicted octanol–water partition coefficient (Wildman–Crippen LogP) is 4.91. The highest BCUT2D eigenvalue weighted by Gasteiger charge is 2.60. The van der Waals surface area contributed by atoms with Crippen LogP contribution in [0.2, 0.25) is 0 Å². The van der Waals surface area contributed by atoms with E-state index in [0.717, 1.165) is 17.0 Å². The van der Waals surface area contributed by atoms with Gasteiger partial charge in [0, 0.05) is 18.2 Å². The van der Waals surface area contributed by atoms with Crippen molar-refractivity contribution in [2.75, 3.05) is 33.3 Å². The Hall–Kier alpha value is -2.94. The van der Waals surface area contributed by atoms with E-state index >= 15 is 0 Å². The largest absolute Gasteiger partial charge is 0.496 e. The standard InChI is InChI=1S/C22H23BrN2O6/c1-21(2)17-14(28-4)7-8-15(29-5)19(17)24(3)22(21)10-9-12-18(23)13(25(26)27)11-16(30-6)20(12)31-22/h7-11H,1-6H3. The van der Waals surface area contributed by atoms with Gasteiger partial charge in [-0.25, -0.2) is 0 Å². The summed E-state index contributed by atoms with van der Waals surface area (Å²) in [7, 11) is 6.65. The minimum absolute atomic E-state index is 0.0922. The number of anilines is 1. The summed E-state index contributed by atoms with van der Waals surface area (Å²) in [5, 5.41) is 11.5. The van der Waals surface area contributed by atoms with Gasteiger partial charge in [-0.2, -0.15) is 0 Å². The molecule has 0 saturated heterocycles. The summed E-state index contributed by atoms with van der Waals surface area (Å²) in [5.74, 6) is 2.13. The number of hydrogen-bond acceptors (Lipinski definition) is 7. The van der Waals surface area contributed by atoms with Gasteiger partial charge in [0.25, 0.3) is 5.69 Å². The third-order valence-electron chi connectivity index (χ3n) is 6.24. The first-order chi connectivity index (χ1) is 14.6. The fourth-order valence-electron chi connectivity index (χ4n) is 4.65. The molecule has 31 heavy (non-hydrogen) atoms. The molecule has 2 aliphatic heterocycles. The monoisotopic (exact) mass is 490 g/mol. The third-order valence-corrected chi connectivity index (χ3v) is 7.08. The first-order valence-electron chi connectivity index (χ1n) is 9.57. The molecule has 0 bridgehead atoms. The molecular weight excluding hydrogens is 468 g/mol. The van der Waals surface area contributed by atoms with Crippen LogP contribution in [0.25, 0.3) is 6.08 Å². The van der Waals surface area contributed by atoms with Gasteiger partial charge in [0.1, 0.15) is 16.0 Å². The van der Waals surface area contributed by atoms with E-state index in [4.69, 9.17) is 18.9 Å². The van der Waals surface area contributed by atoms with Crippen molar-refractivity contribution in [3.8, 4) is 23.0 Å². The predicted molar refractivity (Wildman–Crippen MR) is 121 cm³/mol. The van der Waals surface area contributed by atoms with Gasteiger partial charge in [-0.3, -0.25) is 10.1 Å². The van der Waals surface area contributed by atoms with Crippen molar-refractivity contribution in [3.05, 3.63) is 50.0 Å². The Labute approximate surface area is 188 Å². The first-order valence-corrected chi connectivity index (χ1v) is 10.4. The van der Waals surface area contributed by atoms with Gasteiger partial charge in [-0.05, 0) is 54.1 Å². The van der Waals surface area contributed by atoms with Gasteiger partial charge in [-0.15, -0.1) is 0 Å². The lowest BCUT2D eigenvalue weighted by molar-refractivity contribution is -0.385. The van der Waals surface area contributed by atoms with Crippen molar-refractivity contribution in [1.82, 2.24) is 0 Å². The second-order valence-electron chi connectivity index (χ2n) is 7.92. The fraction of sp³-hybridized carbons (Fsp3) is 0.364. The molecule has 0 radical (unpaired) electrons. The smallest absolute Gasteiger partial charge is 0.288 e. The van der Waals surface area contributed by atoms with E-state index in [0.29, 0.717) is 21.5 Å². The van der Waals surface area contributed by atoms with Crippen molar-refractivity contribution < 1.29 is 23.9 Å². The minimum Gasteiger partial charge on any atom is -0.496 e. The number of nitro groups is 1. The Kier molecular flexibility index (Phi) is 4.84. The summed E-state index contributed by atoms with van der Waals surface area (Å²) in [6.07, 6.45) is 3.75. The summed E-state index contributed by atoms with van der Waals surface area (Å²) in [6.45, 7) is 4.14. The first kappa shape index (κ1) is 21.3. The molecule has 0 saturated carbocycles. The van der Waals surface area contributed by atoms with Gasteiger partial charge in [0.15, 0.2) is 11.5 Å². The molecule has 1 unspecified atom stereocenters. The number of nitro benzene ring substituents is 1. The highest BCUT2D eigenvalue weighted by Crippen LogP contribution is 2.61. The van der Waals surface area contributed by atoms with E-state index in [-0.39, 0.29) is 11.4 Å². The number of hydrogen-bond donors (Lipinski definition) is 0. The minimum atomic E-state index is -0.951. The number of nitrogens with zero attached hydrogens (tertiary/aromatic N) is 2. The third kappa shape index (κ3) is 2.65. The van der Waals surface area contributed by atoms with E-state index in [1.54, 1.807) is 14.2 Å². The van der Waals surface area contributed by atoms with Crippen LogP contribution in [0.5, 0.6) is 23.0 Å². The average Bonchev–Trinajstić information content (AvgIpc) is 2.92. The zero-order chi connectivity index (χ0) is 22.7. The molecule has 0 aromatic heterocycles. The van der Waals surface area contributed by atoms with Crippen molar-refractivity contribution in [1.29, 1.82) is 0 Å². The quantitative estimate of drug-likeness (QED) is 0.444. The van der Waals surface area contributed by atoms with Crippen LogP contribution < -0.4 is 23.8 Å². The van der Waals surface area contributed by atoms with Gasteiger partial charge in [0.2, 0.25) is 5.72 Å². The molecule has 2 aromatic rings. The Morgan fingerprint density at radius 3 is 2.29 bits per heavy atom. The lowest BCUT2D eigenvalue weighted by Gasteiger charge is -2.46. The highest BCUT2D eigenvalue weighted by atomic mass is 79.9. The molecule has 2 aromatic carbocycles. The van der Waals surface area contributed by atoms with Crippen molar-refractivity contribution in [3.63, 3.8) is 0 Å². The van der Waals surface area contributed by atoms with Crippen molar-refractivity contribution in [2.45, 2.75) is 25.0 Å². The number of likely N-dealkylation sites (N-methyl/N-ethyl adjacent to an activating group) is 1. The van der Waals surface area contributed by atoms with Crippen LogP contribution >= 0.6 is 15.9 Å². The van der Waals surface area contributed by atoms with Crippen LogP contribution in [0.3, 0.4) is 0 Å². The molecule has 0 fully saturated rings. The zero-order valence-corrected chi connectivity index (χ0v) is 19.7.